The summed E-state index contributed by atoms with van der Waals surface area (Å²) in [6.07, 6.45) is 20.5. The lowest BCUT2D eigenvalue weighted by Crippen LogP contribution is -2.40. The van der Waals surface area contributed by atoms with E-state index >= 15 is 0 Å². The van der Waals surface area contributed by atoms with E-state index in [1.54, 1.807) is 0 Å². The van der Waals surface area contributed by atoms with Crippen molar-refractivity contribution in [2.75, 3.05) is 0 Å². The van der Waals surface area contributed by atoms with Crippen molar-refractivity contribution < 1.29 is 4.79 Å². The van der Waals surface area contributed by atoms with Crippen LogP contribution in [0.25, 0.3) is 0 Å². The molecular weight excluding hydrogens is 232 g/mol. The number of carbonyl (C=O) groups excluding carboxylic acids is 1. The third kappa shape index (κ3) is 2.66. The van der Waals surface area contributed by atoms with Crippen LogP contribution in [0.5, 0.6) is 0 Å². The van der Waals surface area contributed by atoms with E-state index in [0.717, 1.165) is 24.7 Å². The molecule has 0 aliphatic heterocycles. The highest BCUT2D eigenvalue weighted by atomic mass is 16.1. The Kier molecular flexibility index (Phi) is 4.10. The van der Waals surface area contributed by atoms with Crippen molar-refractivity contribution in [3.8, 4) is 0 Å². The van der Waals surface area contributed by atoms with Crippen molar-refractivity contribution in [3.05, 3.63) is 12.2 Å². The van der Waals surface area contributed by atoms with Crippen LogP contribution in [-0.2, 0) is 4.79 Å². The Bertz CT molecular complexity index is 325. The maximum Gasteiger partial charge on any atom is 0.155 e. The van der Waals surface area contributed by atoms with E-state index in [2.05, 4.69) is 6.08 Å². The molecule has 0 atom stereocenters. The zero-order valence-electron chi connectivity index (χ0n) is 12.2. The molecular formula is C18H28O. The first-order valence-corrected chi connectivity index (χ1v) is 8.53. The van der Waals surface area contributed by atoms with Gasteiger partial charge in [-0.05, 0) is 55.4 Å². The monoisotopic (exact) mass is 260 g/mol. The fourth-order valence-electron chi connectivity index (χ4n) is 5.05. The molecule has 0 bridgehead atoms. The normalized spacial score (nSPS) is 29.6. The Hall–Kier alpha value is -0.590. The number of carbonyl (C=O) groups is 1. The fraction of sp³-hybridized carbons (Fsp3) is 0.833. The van der Waals surface area contributed by atoms with E-state index in [-0.39, 0.29) is 0 Å². The van der Waals surface area contributed by atoms with Gasteiger partial charge in [0.25, 0.3) is 0 Å². The third-order valence-corrected chi connectivity index (χ3v) is 6.11. The molecule has 106 valence electrons. The molecule has 0 aromatic carbocycles. The second kappa shape index (κ2) is 5.81. The van der Waals surface area contributed by atoms with E-state index in [4.69, 9.17) is 0 Å². The average molecular weight is 260 g/mol. The van der Waals surface area contributed by atoms with E-state index in [0.29, 0.717) is 11.2 Å². The Morgan fingerprint density at radius 1 is 0.842 bits per heavy atom. The van der Waals surface area contributed by atoms with E-state index in [9.17, 15) is 4.79 Å². The van der Waals surface area contributed by atoms with Gasteiger partial charge in [-0.1, -0.05) is 44.6 Å². The zero-order chi connectivity index (χ0) is 13.1. The Labute approximate surface area is 117 Å². The van der Waals surface area contributed by atoms with Gasteiger partial charge in [-0.3, -0.25) is 4.79 Å². The van der Waals surface area contributed by atoms with Crippen molar-refractivity contribution in [1.29, 1.82) is 0 Å². The highest BCUT2D eigenvalue weighted by molar-refractivity contribution is 5.90. The molecule has 2 fully saturated rings. The minimum Gasteiger partial charge on any atom is -0.295 e. The lowest BCUT2D eigenvalue weighted by Gasteiger charge is -2.49. The first-order chi connectivity index (χ1) is 9.31. The van der Waals surface area contributed by atoms with Gasteiger partial charge in [0, 0.05) is 6.42 Å². The largest absolute Gasteiger partial charge is 0.295 e. The van der Waals surface area contributed by atoms with Crippen LogP contribution in [0.3, 0.4) is 0 Å². The summed E-state index contributed by atoms with van der Waals surface area (Å²) in [5.74, 6) is 2.10. The molecule has 3 rings (SSSR count). The van der Waals surface area contributed by atoms with Crippen LogP contribution in [0, 0.1) is 17.3 Å². The average Bonchev–Trinajstić information content (AvgIpc) is 2.50. The molecule has 3 aliphatic rings. The van der Waals surface area contributed by atoms with Crippen LogP contribution >= 0.6 is 0 Å². The molecule has 19 heavy (non-hydrogen) atoms. The van der Waals surface area contributed by atoms with Gasteiger partial charge in [0.15, 0.2) is 5.78 Å². The van der Waals surface area contributed by atoms with Crippen LogP contribution < -0.4 is 0 Å². The highest BCUT2D eigenvalue weighted by Gasteiger charge is 2.44. The van der Waals surface area contributed by atoms with Crippen molar-refractivity contribution in [2.24, 2.45) is 17.3 Å². The van der Waals surface area contributed by atoms with Gasteiger partial charge in [0.1, 0.15) is 0 Å². The van der Waals surface area contributed by atoms with E-state index in [1.807, 2.05) is 6.08 Å². The molecule has 0 saturated heterocycles. The van der Waals surface area contributed by atoms with Crippen LogP contribution in [0.1, 0.15) is 77.0 Å². The fourth-order valence-corrected chi connectivity index (χ4v) is 5.05. The topological polar surface area (TPSA) is 17.1 Å². The standard InChI is InChI=1S/C18H28O/c19-17-11-13-18(14-12-17,15-7-3-1-4-8-15)16-9-5-2-6-10-16/h11,13,15-16H,1-10,12,14H2. The maximum absolute atomic E-state index is 11.6. The van der Waals surface area contributed by atoms with Crippen molar-refractivity contribution in [2.45, 2.75) is 77.0 Å². The molecule has 1 nitrogen and oxygen atoms in total. The van der Waals surface area contributed by atoms with Gasteiger partial charge < -0.3 is 0 Å². The summed E-state index contributed by atoms with van der Waals surface area (Å²) in [6.45, 7) is 0. The summed E-state index contributed by atoms with van der Waals surface area (Å²) >= 11 is 0. The van der Waals surface area contributed by atoms with Gasteiger partial charge in [0.05, 0.1) is 0 Å². The van der Waals surface area contributed by atoms with E-state index < -0.39 is 0 Å². The number of ketones is 1. The maximum atomic E-state index is 11.6. The van der Waals surface area contributed by atoms with Gasteiger partial charge >= 0.3 is 0 Å². The molecule has 0 N–H and O–H groups in total. The van der Waals surface area contributed by atoms with Crippen molar-refractivity contribution in [1.82, 2.24) is 0 Å². The first kappa shape index (κ1) is 13.4. The van der Waals surface area contributed by atoms with Crippen LogP contribution in [0.15, 0.2) is 12.2 Å². The Balaban J connectivity index is 1.85. The second-order valence-electron chi connectivity index (χ2n) is 7.08. The number of hydrogen-bond acceptors (Lipinski definition) is 1. The summed E-state index contributed by atoms with van der Waals surface area (Å²) in [5.41, 5.74) is 0.398. The van der Waals surface area contributed by atoms with Gasteiger partial charge in [-0.15, -0.1) is 0 Å². The van der Waals surface area contributed by atoms with Crippen molar-refractivity contribution in [3.63, 3.8) is 0 Å². The molecule has 2 saturated carbocycles. The Morgan fingerprint density at radius 2 is 1.37 bits per heavy atom. The molecule has 0 aromatic rings. The molecule has 0 spiro atoms. The second-order valence-corrected chi connectivity index (χ2v) is 7.08. The summed E-state index contributed by atoms with van der Waals surface area (Å²) in [7, 11) is 0. The number of hydrogen-bond donors (Lipinski definition) is 0. The smallest absolute Gasteiger partial charge is 0.155 e. The molecule has 0 aromatic heterocycles. The molecule has 1 heteroatoms. The predicted octanol–water partition coefficient (Wildman–Crippen LogP) is 5.05. The first-order valence-electron chi connectivity index (χ1n) is 8.53. The predicted molar refractivity (Wildman–Crippen MR) is 79.0 cm³/mol. The van der Waals surface area contributed by atoms with Crippen LogP contribution in [0.2, 0.25) is 0 Å². The summed E-state index contributed by atoms with van der Waals surface area (Å²) in [5, 5.41) is 0. The van der Waals surface area contributed by atoms with Crippen LogP contribution in [0.4, 0.5) is 0 Å². The van der Waals surface area contributed by atoms with Crippen LogP contribution in [-0.4, -0.2) is 5.78 Å². The highest BCUT2D eigenvalue weighted by Crippen LogP contribution is 2.53. The quantitative estimate of drug-likeness (QED) is 0.679. The van der Waals surface area contributed by atoms with Gasteiger partial charge in [-0.2, -0.15) is 0 Å². The minimum atomic E-state index is 0.363. The van der Waals surface area contributed by atoms with E-state index in [1.165, 1.54) is 64.2 Å². The summed E-state index contributed by atoms with van der Waals surface area (Å²) in [4.78, 5) is 11.6. The molecule has 0 unspecified atom stereocenters. The minimum absolute atomic E-state index is 0.363. The molecule has 0 amide bonds. The van der Waals surface area contributed by atoms with Gasteiger partial charge in [0.2, 0.25) is 0 Å². The SMILES string of the molecule is O=C1C=CC(C2CCCCC2)(C2CCCCC2)CC1. The molecule has 3 aliphatic carbocycles. The third-order valence-electron chi connectivity index (χ3n) is 6.11. The summed E-state index contributed by atoms with van der Waals surface area (Å²) in [6, 6.07) is 0. The lowest BCUT2D eigenvalue weighted by molar-refractivity contribution is -0.116. The number of rotatable bonds is 2. The molecule has 0 radical (unpaired) electrons. The lowest BCUT2D eigenvalue weighted by atomic mass is 9.55. The Morgan fingerprint density at radius 3 is 1.79 bits per heavy atom. The summed E-state index contributed by atoms with van der Waals surface area (Å²) < 4.78 is 0. The number of allylic oxidation sites excluding steroid dienone is 2. The molecule has 0 heterocycles. The van der Waals surface area contributed by atoms with Crippen molar-refractivity contribution >= 4 is 5.78 Å². The zero-order valence-corrected chi connectivity index (χ0v) is 12.2. The van der Waals surface area contributed by atoms with Gasteiger partial charge in [-0.25, -0.2) is 0 Å².